The Hall–Kier alpha value is -3.08. The minimum Gasteiger partial charge on any atom is -0.313 e. The van der Waals surface area contributed by atoms with Crippen molar-refractivity contribution in [1.82, 2.24) is 9.13 Å². The normalized spacial score (nSPS) is 15.9. The molecule has 2 aliphatic carbocycles. The Balaban J connectivity index is 0.883. The molecule has 0 fully saturated rings. The molecule has 0 spiro atoms. The fraction of sp³-hybridized carbons (Fsp3) is 0.562. The SMILES string of the molecule is CCCCCCCCCCCCCCC1CCc2c(n(-c3ccc(-c4ccc(-n5c6c(c7cc(Br)ccc75)CCC(CCCCCCCCCCCCCC)C6)cc4)cc3)c3ccc(Br)cc23)C1. The molecule has 8 rings (SSSR count). The number of aromatic nitrogens is 2. The Labute approximate surface area is 430 Å². The Morgan fingerprint density at radius 1 is 0.397 bits per heavy atom. The molecule has 0 bridgehead atoms. The summed E-state index contributed by atoms with van der Waals surface area (Å²) in [7, 11) is 0. The summed E-state index contributed by atoms with van der Waals surface area (Å²) >= 11 is 7.64. The highest BCUT2D eigenvalue weighted by atomic mass is 79.9. The van der Waals surface area contributed by atoms with E-state index in [0.717, 1.165) is 11.8 Å². The van der Waals surface area contributed by atoms with Gasteiger partial charge in [0, 0.05) is 42.5 Å². The van der Waals surface area contributed by atoms with Gasteiger partial charge in [-0.05, 0) is 133 Å². The maximum Gasteiger partial charge on any atom is 0.0535 e. The molecule has 366 valence electrons. The van der Waals surface area contributed by atoms with Gasteiger partial charge in [0.05, 0.1) is 11.0 Å². The smallest absolute Gasteiger partial charge is 0.0535 e. The Morgan fingerprint density at radius 2 is 0.721 bits per heavy atom. The number of hydrogen-bond donors (Lipinski definition) is 0. The molecule has 2 aromatic heterocycles. The van der Waals surface area contributed by atoms with Crippen molar-refractivity contribution in [1.29, 1.82) is 0 Å². The van der Waals surface area contributed by atoms with Crippen molar-refractivity contribution < 1.29 is 0 Å². The standard InChI is InChI=1S/C64H86Br2N2/c1-3-5-7-9-11-13-15-17-19-21-23-25-27-49-29-41-57-59-47-53(65)35-43-61(59)67(63(57)45-49)55-37-31-51(32-38-55)52-33-39-56(40-34-52)68-62-44-36-54(66)48-60(62)58-42-30-50(46-64(58)68)28-26-24-22-20-18-16-14-12-10-8-6-4-2/h31-40,43-44,47-50H,3-30,41-42,45-46H2,1-2H3. The van der Waals surface area contributed by atoms with E-state index in [-0.39, 0.29) is 0 Å². The molecule has 4 heteroatoms. The summed E-state index contributed by atoms with van der Waals surface area (Å²) in [5.74, 6) is 1.56. The maximum atomic E-state index is 3.82. The lowest BCUT2D eigenvalue weighted by Gasteiger charge is -2.25. The predicted octanol–water partition coefficient (Wildman–Crippen LogP) is 21.2. The van der Waals surface area contributed by atoms with E-state index in [2.05, 4.69) is 140 Å². The first-order valence-corrected chi connectivity index (χ1v) is 30.0. The van der Waals surface area contributed by atoms with Gasteiger partial charge in [-0.15, -0.1) is 0 Å². The highest BCUT2D eigenvalue weighted by molar-refractivity contribution is 9.10. The predicted molar refractivity (Wildman–Crippen MR) is 303 cm³/mol. The number of aryl methyl sites for hydroxylation is 2. The summed E-state index contributed by atoms with van der Waals surface area (Å²) in [4.78, 5) is 0. The van der Waals surface area contributed by atoms with E-state index >= 15 is 0 Å². The summed E-state index contributed by atoms with van der Waals surface area (Å²) < 4.78 is 7.58. The first-order chi connectivity index (χ1) is 33.5. The number of fused-ring (bicyclic) bond motifs is 6. The van der Waals surface area contributed by atoms with E-state index < -0.39 is 0 Å². The van der Waals surface area contributed by atoms with Crippen LogP contribution in [0.1, 0.15) is 216 Å². The topological polar surface area (TPSA) is 9.86 Å². The molecule has 6 aromatic rings. The van der Waals surface area contributed by atoms with Gasteiger partial charge in [-0.2, -0.15) is 0 Å². The molecular formula is C64H86Br2N2. The zero-order chi connectivity index (χ0) is 46.9. The molecule has 4 aromatic carbocycles. The minimum absolute atomic E-state index is 0.782. The lowest BCUT2D eigenvalue weighted by atomic mass is 9.83. The minimum atomic E-state index is 0.782. The Bertz CT molecular complexity index is 2260. The van der Waals surface area contributed by atoms with Crippen molar-refractivity contribution in [2.45, 2.75) is 219 Å². The summed E-state index contributed by atoms with van der Waals surface area (Å²) in [5, 5.41) is 2.86. The van der Waals surface area contributed by atoms with Crippen molar-refractivity contribution in [2.75, 3.05) is 0 Å². The number of halogens is 2. The fourth-order valence-corrected chi connectivity index (χ4v) is 13.2. The summed E-state index contributed by atoms with van der Waals surface area (Å²) in [5.41, 5.74) is 14.1. The summed E-state index contributed by atoms with van der Waals surface area (Å²) in [6.45, 7) is 4.62. The molecule has 0 radical (unpaired) electrons. The first kappa shape index (κ1) is 51.3. The van der Waals surface area contributed by atoms with Crippen molar-refractivity contribution in [3.63, 3.8) is 0 Å². The third-order valence-electron chi connectivity index (χ3n) is 16.4. The van der Waals surface area contributed by atoms with E-state index in [1.54, 1.807) is 22.5 Å². The Morgan fingerprint density at radius 3 is 1.06 bits per heavy atom. The number of nitrogens with zero attached hydrogens (tertiary/aromatic N) is 2. The van der Waals surface area contributed by atoms with Crippen LogP contribution in [-0.4, -0.2) is 9.13 Å². The number of rotatable bonds is 29. The third kappa shape index (κ3) is 13.7. The molecule has 68 heavy (non-hydrogen) atoms. The van der Waals surface area contributed by atoms with Crippen molar-refractivity contribution in [3.05, 3.63) is 116 Å². The van der Waals surface area contributed by atoms with Crippen LogP contribution in [0.5, 0.6) is 0 Å². The van der Waals surface area contributed by atoms with Crippen molar-refractivity contribution in [3.8, 4) is 22.5 Å². The van der Waals surface area contributed by atoms with Crippen LogP contribution in [0.25, 0.3) is 44.3 Å². The molecule has 2 nitrogen and oxygen atoms in total. The van der Waals surface area contributed by atoms with Crippen LogP contribution in [0.15, 0.2) is 93.9 Å². The van der Waals surface area contributed by atoms with Gasteiger partial charge < -0.3 is 9.13 Å². The summed E-state index contributed by atoms with van der Waals surface area (Å²) in [6.07, 6.45) is 44.3. The van der Waals surface area contributed by atoms with Crippen LogP contribution >= 0.6 is 31.9 Å². The number of unbranched alkanes of at least 4 members (excludes halogenated alkanes) is 22. The van der Waals surface area contributed by atoms with E-state index in [9.17, 15) is 0 Å². The van der Waals surface area contributed by atoms with Crippen LogP contribution in [0.4, 0.5) is 0 Å². The van der Waals surface area contributed by atoms with Crippen LogP contribution < -0.4 is 0 Å². The molecule has 0 amide bonds. The lowest BCUT2D eigenvalue weighted by molar-refractivity contribution is 0.398. The monoisotopic (exact) mass is 1040 g/mol. The van der Waals surface area contributed by atoms with E-state index in [1.807, 2.05) is 0 Å². The van der Waals surface area contributed by atoms with Crippen LogP contribution in [0, 0.1) is 11.8 Å². The highest BCUT2D eigenvalue weighted by Gasteiger charge is 2.28. The van der Waals surface area contributed by atoms with Crippen molar-refractivity contribution in [2.24, 2.45) is 11.8 Å². The molecule has 0 N–H and O–H groups in total. The quantitative estimate of drug-likeness (QED) is 0.0414. The lowest BCUT2D eigenvalue weighted by Crippen LogP contribution is -2.16. The van der Waals surface area contributed by atoms with E-state index in [4.69, 9.17) is 0 Å². The molecule has 0 saturated carbocycles. The zero-order valence-corrected chi connectivity index (χ0v) is 45.7. The fourth-order valence-electron chi connectivity index (χ4n) is 12.4. The van der Waals surface area contributed by atoms with Gasteiger partial charge in [0.1, 0.15) is 0 Å². The van der Waals surface area contributed by atoms with Gasteiger partial charge in [-0.1, -0.05) is 237 Å². The van der Waals surface area contributed by atoms with Crippen LogP contribution in [0.2, 0.25) is 0 Å². The highest BCUT2D eigenvalue weighted by Crippen LogP contribution is 2.41. The molecule has 2 atom stereocenters. The van der Waals surface area contributed by atoms with E-state index in [0.29, 0.717) is 0 Å². The first-order valence-electron chi connectivity index (χ1n) is 28.4. The van der Waals surface area contributed by atoms with Gasteiger partial charge in [-0.25, -0.2) is 0 Å². The average molecular weight is 1040 g/mol. The molecule has 0 aliphatic heterocycles. The molecule has 2 aliphatic rings. The molecule has 2 heterocycles. The Kier molecular flexibility index (Phi) is 20.3. The largest absolute Gasteiger partial charge is 0.313 e. The number of benzene rings is 4. The van der Waals surface area contributed by atoms with Gasteiger partial charge in [0.15, 0.2) is 0 Å². The van der Waals surface area contributed by atoms with Gasteiger partial charge in [0.2, 0.25) is 0 Å². The van der Waals surface area contributed by atoms with Crippen LogP contribution in [0.3, 0.4) is 0 Å². The molecule has 0 saturated heterocycles. The van der Waals surface area contributed by atoms with E-state index in [1.165, 1.54) is 259 Å². The molecule has 2 unspecified atom stereocenters. The zero-order valence-electron chi connectivity index (χ0n) is 42.5. The van der Waals surface area contributed by atoms with Crippen LogP contribution in [-0.2, 0) is 25.7 Å². The molecular weight excluding hydrogens is 957 g/mol. The maximum absolute atomic E-state index is 3.82. The second kappa shape index (κ2) is 26.9. The number of hydrogen-bond acceptors (Lipinski definition) is 0. The average Bonchev–Trinajstić information content (AvgIpc) is 3.85. The summed E-state index contributed by atoms with van der Waals surface area (Å²) in [6, 6.07) is 32.8. The van der Waals surface area contributed by atoms with Gasteiger partial charge in [0.25, 0.3) is 0 Å². The third-order valence-corrected chi connectivity index (χ3v) is 17.4. The van der Waals surface area contributed by atoms with Crippen molar-refractivity contribution >= 4 is 53.7 Å². The second-order valence-corrected chi connectivity index (χ2v) is 23.3. The second-order valence-electron chi connectivity index (χ2n) is 21.5. The van der Waals surface area contributed by atoms with Gasteiger partial charge in [-0.3, -0.25) is 0 Å². The van der Waals surface area contributed by atoms with Gasteiger partial charge >= 0.3 is 0 Å².